The molecule has 0 bridgehead atoms. The monoisotopic (exact) mass is 327 g/mol. The topological polar surface area (TPSA) is 38.8 Å². The summed E-state index contributed by atoms with van der Waals surface area (Å²) in [5, 5.41) is 0. The van der Waals surface area contributed by atoms with Crippen molar-refractivity contribution in [2.24, 2.45) is 11.3 Å². The minimum Gasteiger partial charge on any atom is -0.380 e. The Morgan fingerprint density at radius 1 is 1.30 bits per heavy atom. The van der Waals surface area contributed by atoms with Gasteiger partial charge in [0, 0.05) is 38.6 Å². The molecule has 136 valence electrons. The van der Waals surface area contributed by atoms with E-state index in [0.717, 1.165) is 52.3 Å². The predicted molar refractivity (Wildman–Crippen MR) is 94.8 cm³/mol. The van der Waals surface area contributed by atoms with Gasteiger partial charge in [-0.1, -0.05) is 34.6 Å². The molecule has 1 aliphatic rings. The summed E-state index contributed by atoms with van der Waals surface area (Å²) in [4.78, 5) is 14.1. The molecule has 0 saturated carbocycles. The lowest BCUT2D eigenvalue weighted by Crippen LogP contribution is -2.44. The quantitative estimate of drug-likeness (QED) is 0.575. The fourth-order valence-electron chi connectivity index (χ4n) is 2.75. The van der Waals surface area contributed by atoms with Crippen molar-refractivity contribution in [2.75, 3.05) is 39.5 Å². The number of ether oxygens (including phenoxy) is 2. The zero-order chi connectivity index (χ0) is 17.3. The molecule has 0 unspecified atom stereocenters. The molecule has 0 spiro atoms. The maximum Gasteiger partial charge on any atom is 0.135 e. The Kier molecular flexibility index (Phi) is 9.33. The second-order valence-corrected chi connectivity index (χ2v) is 8.23. The van der Waals surface area contributed by atoms with E-state index in [0.29, 0.717) is 17.6 Å². The summed E-state index contributed by atoms with van der Waals surface area (Å²) in [5.41, 5.74) is 0.397. The molecule has 0 aliphatic carbocycles. The van der Waals surface area contributed by atoms with E-state index in [4.69, 9.17) is 9.47 Å². The lowest BCUT2D eigenvalue weighted by atomic mass is 9.91. The predicted octanol–water partition coefficient (Wildman–Crippen LogP) is 3.54. The number of Topliss-reactive ketones (excluding diaryl/α,β-unsaturated/α-hetero) is 1. The van der Waals surface area contributed by atoms with Gasteiger partial charge in [0.15, 0.2) is 0 Å². The number of morpholine rings is 1. The molecule has 0 aromatic carbocycles. The van der Waals surface area contributed by atoms with Gasteiger partial charge in [0.1, 0.15) is 5.78 Å². The van der Waals surface area contributed by atoms with Gasteiger partial charge in [0.2, 0.25) is 0 Å². The third kappa shape index (κ3) is 10.1. The molecular weight excluding hydrogens is 290 g/mol. The van der Waals surface area contributed by atoms with Crippen LogP contribution in [0.25, 0.3) is 0 Å². The van der Waals surface area contributed by atoms with Gasteiger partial charge in [-0.15, -0.1) is 0 Å². The van der Waals surface area contributed by atoms with Crippen molar-refractivity contribution in [3.05, 3.63) is 0 Å². The smallest absolute Gasteiger partial charge is 0.135 e. The summed E-state index contributed by atoms with van der Waals surface area (Å²) in [6.07, 6.45) is 4.02. The summed E-state index contributed by atoms with van der Waals surface area (Å²) in [6.45, 7) is 16.0. The third-order valence-electron chi connectivity index (χ3n) is 4.35. The van der Waals surface area contributed by atoms with Crippen molar-refractivity contribution in [1.82, 2.24) is 4.90 Å². The number of hydrogen-bond donors (Lipinski definition) is 0. The minimum absolute atomic E-state index is 0.135. The maximum atomic E-state index is 11.7. The molecule has 0 amide bonds. The molecule has 1 atom stereocenters. The van der Waals surface area contributed by atoms with Crippen LogP contribution in [0, 0.1) is 11.3 Å². The van der Waals surface area contributed by atoms with E-state index in [-0.39, 0.29) is 12.0 Å². The molecule has 0 aromatic heterocycles. The Morgan fingerprint density at radius 3 is 2.70 bits per heavy atom. The van der Waals surface area contributed by atoms with E-state index >= 15 is 0 Å². The standard InChI is InChI=1S/C19H37NO3/c1-16(2)18(21)8-7-17-15-20(11-14-23-17)10-13-22-12-6-9-19(3,4)5/h16-17H,6-15H2,1-5H3/t17-/m1/s1. The van der Waals surface area contributed by atoms with Crippen LogP contribution in [0.3, 0.4) is 0 Å². The zero-order valence-electron chi connectivity index (χ0n) is 15.9. The molecule has 0 radical (unpaired) electrons. The molecule has 1 saturated heterocycles. The lowest BCUT2D eigenvalue weighted by Gasteiger charge is -2.32. The number of ketones is 1. The van der Waals surface area contributed by atoms with Crippen molar-refractivity contribution in [2.45, 2.75) is 66.4 Å². The highest BCUT2D eigenvalue weighted by Gasteiger charge is 2.21. The number of rotatable bonds is 10. The van der Waals surface area contributed by atoms with Gasteiger partial charge in [-0.05, 0) is 24.7 Å². The van der Waals surface area contributed by atoms with E-state index in [1.54, 1.807) is 0 Å². The normalized spacial score (nSPS) is 20.2. The highest BCUT2D eigenvalue weighted by atomic mass is 16.5. The van der Waals surface area contributed by atoms with E-state index in [9.17, 15) is 4.79 Å². The summed E-state index contributed by atoms with van der Waals surface area (Å²) < 4.78 is 11.5. The fraction of sp³-hybridized carbons (Fsp3) is 0.947. The second-order valence-electron chi connectivity index (χ2n) is 8.23. The number of nitrogens with zero attached hydrogens (tertiary/aromatic N) is 1. The number of carbonyl (C=O) groups is 1. The van der Waals surface area contributed by atoms with Gasteiger partial charge >= 0.3 is 0 Å². The molecule has 23 heavy (non-hydrogen) atoms. The molecule has 0 aromatic rings. The summed E-state index contributed by atoms with van der Waals surface area (Å²) >= 11 is 0. The Morgan fingerprint density at radius 2 is 2.04 bits per heavy atom. The number of carbonyl (C=O) groups excluding carboxylic acids is 1. The van der Waals surface area contributed by atoms with E-state index in [2.05, 4.69) is 25.7 Å². The van der Waals surface area contributed by atoms with Crippen LogP contribution in [0.1, 0.15) is 60.3 Å². The fourth-order valence-corrected chi connectivity index (χ4v) is 2.75. The summed E-state index contributed by atoms with van der Waals surface area (Å²) in [6, 6.07) is 0. The first-order valence-corrected chi connectivity index (χ1v) is 9.22. The lowest BCUT2D eigenvalue weighted by molar-refractivity contribution is -0.123. The van der Waals surface area contributed by atoms with Gasteiger partial charge in [0.05, 0.1) is 19.3 Å². The van der Waals surface area contributed by atoms with Crippen LogP contribution in [0.5, 0.6) is 0 Å². The van der Waals surface area contributed by atoms with Crippen LogP contribution >= 0.6 is 0 Å². The highest BCUT2D eigenvalue weighted by molar-refractivity contribution is 5.80. The van der Waals surface area contributed by atoms with Gasteiger partial charge in [-0.2, -0.15) is 0 Å². The maximum absolute atomic E-state index is 11.7. The first-order chi connectivity index (χ1) is 10.8. The van der Waals surface area contributed by atoms with Crippen LogP contribution in [0.2, 0.25) is 0 Å². The molecule has 1 aliphatic heterocycles. The molecule has 1 heterocycles. The highest BCUT2D eigenvalue weighted by Crippen LogP contribution is 2.20. The van der Waals surface area contributed by atoms with Crippen molar-refractivity contribution in [3.63, 3.8) is 0 Å². The Balaban J connectivity index is 2.10. The third-order valence-corrected chi connectivity index (χ3v) is 4.35. The van der Waals surface area contributed by atoms with Crippen molar-refractivity contribution in [1.29, 1.82) is 0 Å². The van der Waals surface area contributed by atoms with Crippen molar-refractivity contribution < 1.29 is 14.3 Å². The SMILES string of the molecule is CC(C)C(=O)CC[C@@H]1CN(CCOCCCC(C)(C)C)CCO1. The first-order valence-electron chi connectivity index (χ1n) is 9.22. The van der Waals surface area contributed by atoms with Gasteiger partial charge < -0.3 is 9.47 Å². The molecule has 4 heteroatoms. The largest absolute Gasteiger partial charge is 0.380 e. The Bertz CT molecular complexity index is 336. The van der Waals surface area contributed by atoms with Gasteiger partial charge in [0.25, 0.3) is 0 Å². The van der Waals surface area contributed by atoms with Crippen LogP contribution < -0.4 is 0 Å². The molecule has 0 N–H and O–H groups in total. The average Bonchev–Trinajstić information content (AvgIpc) is 2.47. The Hall–Kier alpha value is -0.450. The average molecular weight is 328 g/mol. The summed E-state index contributed by atoms with van der Waals surface area (Å²) in [5.74, 6) is 0.476. The van der Waals surface area contributed by atoms with Gasteiger partial charge in [-0.3, -0.25) is 9.69 Å². The first kappa shape index (κ1) is 20.6. The minimum atomic E-state index is 0.135. The number of hydrogen-bond acceptors (Lipinski definition) is 4. The van der Waals surface area contributed by atoms with Crippen LogP contribution in [-0.4, -0.2) is 56.2 Å². The second kappa shape index (κ2) is 10.4. The van der Waals surface area contributed by atoms with Crippen LogP contribution in [0.4, 0.5) is 0 Å². The van der Waals surface area contributed by atoms with Crippen LogP contribution in [-0.2, 0) is 14.3 Å². The van der Waals surface area contributed by atoms with Crippen molar-refractivity contribution in [3.8, 4) is 0 Å². The molecular formula is C19H37NO3. The summed E-state index contributed by atoms with van der Waals surface area (Å²) in [7, 11) is 0. The molecule has 1 fully saturated rings. The van der Waals surface area contributed by atoms with Crippen LogP contribution in [0.15, 0.2) is 0 Å². The van der Waals surface area contributed by atoms with Crippen molar-refractivity contribution >= 4 is 5.78 Å². The molecule has 4 nitrogen and oxygen atoms in total. The Labute approximate surface area is 142 Å². The van der Waals surface area contributed by atoms with E-state index < -0.39 is 0 Å². The van der Waals surface area contributed by atoms with E-state index in [1.807, 2.05) is 13.8 Å². The zero-order valence-corrected chi connectivity index (χ0v) is 15.9. The van der Waals surface area contributed by atoms with E-state index in [1.165, 1.54) is 6.42 Å². The molecule has 1 rings (SSSR count). The van der Waals surface area contributed by atoms with Gasteiger partial charge in [-0.25, -0.2) is 0 Å².